The summed E-state index contributed by atoms with van der Waals surface area (Å²) in [5, 5.41) is -0.0996. The van der Waals surface area contributed by atoms with Crippen molar-refractivity contribution in [3.05, 3.63) is 71.8 Å². The van der Waals surface area contributed by atoms with Crippen LogP contribution in [0.1, 0.15) is 16.5 Å². The first-order valence-corrected chi connectivity index (χ1v) is 4.97. The molecule has 0 spiro atoms. The first-order chi connectivity index (χ1) is 6.88. The molecule has 1 atom stereocenters. The normalized spacial score (nSPS) is 10.4. The van der Waals surface area contributed by atoms with E-state index in [1.165, 1.54) is 0 Å². The minimum absolute atomic E-state index is 0.0996. The van der Waals surface area contributed by atoms with Crippen LogP contribution in [0.25, 0.3) is 0 Å². The van der Waals surface area contributed by atoms with E-state index in [1.54, 1.807) is 0 Å². The van der Waals surface area contributed by atoms with E-state index < -0.39 is 0 Å². The van der Waals surface area contributed by atoms with Gasteiger partial charge in [0.1, 0.15) is 0 Å². The maximum Gasteiger partial charge on any atom is 0.0841 e. The number of halogens is 1. The van der Waals surface area contributed by atoms with Crippen LogP contribution in [0.5, 0.6) is 0 Å². The van der Waals surface area contributed by atoms with Gasteiger partial charge in [-0.3, -0.25) is 0 Å². The van der Waals surface area contributed by atoms with E-state index in [9.17, 15) is 0 Å². The van der Waals surface area contributed by atoms with Gasteiger partial charge in [0, 0.05) is 0 Å². The van der Waals surface area contributed by atoms with E-state index >= 15 is 0 Å². The molecule has 0 aliphatic carbocycles. The van der Waals surface area contributed by atoms with Gasteiger partial charge < -0.3 is 0 Å². The number of hydrogen-bond acceptors (Lipinski definition) is 0. The fourth-order valence-electron chi connectivity index (χ4n) is 1.37. The third-order valence-electron chi connectivity index (χ3n) is 2.10. The van der Waals surface area contributed by atoms with Crippen molar-refractivity contribution in [3.8, 4) is 0 Å². The van der Waals surface area contributed by atoms with Crippen LogP contribution in [0.4, 0.5) is 0 Å². The molecule has 2 rings (SSSR count). The summed E-state index contributed by atoms with van der Waals surface area (Å²) in [6, 6.07) is 21.0. The molecule has 0 saturated heterocycles. The minimum Gasteiger partial charge on any atom is -0.113 e. The summed E-state index contributed by atoms with van der Waals surface area (Å²) in [6.45, 7) is 0. The number of alkyl halides is 1. The topological polar surface area (TPSA) is 0 Å². The summed E-state index contributed by atoms with van der Waals surface area (Å²) < 4.78 is 0. The second kappa shape index (κ2) is 4.30. The summed E-state index contributed by atoms with van der Waals surface area (Å²) >= 11 is 6.30. The van der Waals surface area contributed by atoms with Gasteiger partial charge >= 0.3 is 0 Å². The van der Waals surface area contributed by atoms with Crippen molar-refractivity contribution in [2.75, 3.05) is 0 Å². The minimum atomic E-state index is -0.0996. The summed E-state index contributed by atoms with van der Waals surface area (Å²) in [5.41, 5.74) is 2.12. The third kappa shape index (κ3) is 1.97. The highest BCUT2D eigenvalue weighted by atomic mass is 35.5. The van der Waals surface area contributed by atoms with E-state index in [4.69, 9.17) is 11.6 Å². The lowest BCUT2D eigenvalue weighted by Gasteiger charge is -2.08. The molecular formula is C13H10Cl. The Morgan fingerprint density at radius 2 is 1.64 bits per heavy atom. The van der Waals surface area contributed by atoms with Crippen molar-refractivity contribution in [2.24, 2.45) is 0 Å². The zero-order valence-electron chi connectivity index (χ0n) is 7.65. The van der Waals surface area contributed by atoms with Crippen LogP contribution in [-0.2, 0) is 0 Å². The average Bonchev–Trinajstić information content (AvgIpc) is 2.30. The molecule has 0 N–H and O–H groups in total. The smallest absolute Gasteiger partial charge is 0.0841 e. The summed E-state index contributed by atoms with van der Waals surface area (Å²) in [6.07, 6.45) is 0. The quantitative estimate of drug-likeness (QED) is 0.649. The Morgan fingerprint density at radius 3 is 2.29 bits per heavy atom. The highest BCUT2D eigenvalue weighted by Gasteiger charge is 2.08. The van der Waals surface area contributed by atoms with Crippen molar-refractivity contribution in [1.82, 2.24) is 0 Å². The monoisotopic (exact) mass is 201 g/mol. The Morgan fingerprint density at radius 1 is 0.929 bits per heavy atom. The molecule has 0 nitrogen and oxygen atoms in total. The molecule has 1 unspecified atom stereocenters. The molecular weight excluding hydrogens is 192 g/mol. The van der Waals surface area contributed by atoms with E-state index in [1.807, 2.05) is 54.6 Å². The molecule has 0 fully saturated rings. The van der Waals surface area contributed by atoms with Crippen LogP contribution in [0, 0.1) is 6.07 Å². The number of benzene rings is 2. The van der Waals surface area contributed by atoms with Crippen molar-refractivity contribution in [3.63, 3.8) is 0 Å². The fraction of sp³-hybridized carbons (Fsp3) is 0.0769. The van der Waals surface area contributed by atoms with Crippen molar-refractivity contribution in [1.29, 1.82) is 0 Å². The van der Waals surface area contributed by atoms with Crippen molar-refractivity contribution >= 4 is 11.6 Å². The molecule has 0 amide bonds. The van der Waals surface area contributed by atoms with Crippen molar-refractivity contribution < 1.29 is 0 Å². The molecule has 0 saturated carbocycles. The Balaban J connectivity index is 2.30. The predicted molar refractivity (Wildman–Crippen MR) is 59.4 cm³/mol. The van der Waals surface area contributed by atoms with E-state index in [0.717, 1.165) is 11.1 Å². The summed E-state index contributed by atoms with van der Waals surface area (Å²) in [7, 11) is 0. The maximum atomic E-state index is 6.30. The standard InChI is InChI=1S/C13H10Cl/c14-13(11-7-3-1-4-8-11)12-9-5-2-6-10-12/h1-9,13H. The molecule has 69 valence electrons. The zero-order chi connectivity index (χ0) is 9.80. The Kier molecular flexibility index (Phi) is 2.85. The predicted octanol–water partition coefficient (Wildman–Crippen LogP) is 3.81. The lowest BCUT2D eigenvalue weighted by atomic mass is 10.0. The Labute approximate surface area is 89.2 Å². The van der Waals surface area contributed by atoms with Crippen LogP contribution in [0.15, 0.2) is 54.6 Å². The van der Waals surface area contributed by atoms with Crippen LogP contribution in [0.2, 0.25) is 0 Å². The molecule has 2 aromatic rings. The van der Waals surface area contributed by atoms with Gasteiger partial charge in [-0.1, -0.05) is 54.6 Å². The number of rotatable bonds is 2. The van der Waals surface area contributed by atoms with Crippen LogP contribution in [0.3, 0.4) is 0 Å². The molecule has 2 aromatic carbocycles. The highest BCUT2D eigenvalue weighted by molar-refractivity contribution is 6.22. The highest BCUT2D eigenvalue weighted by Crippen LogP contribution is 2.27. The van der Waals surface area contributed by atoms with Gasteiger partial charge in [-0.15, -0.1) is 11.6 Å². The van der Waals surface area contributed by atoms with Gasteiger partial charge in [0.2, 0.25) is 0 Å². The van der Waals surface area contributed by atoms with Gasteiger partial charge in [-0.05, 0) is 17.2 Å². The van der Waals surface area contributed by atoms with Crippen LogP contribution < -0.4 is 0 Å². The summed E-state index contributed by atoms with van der Waals surface area (Å²) in [5.74, 6) is 0. The Bertz CT molecular complexity index is 341. The second-order valence-corrected chi connectivity index (χ2v) is 3.53. The molecule has 0 heterocycles. The van der Waals surface area contributed by atoms with Gasteiger partial charge in [-0.25, -0.2) is 0 Å². The molecule has 1 radical (unpaired) electrons. The van der Waals surface area contributed by atoms with Gasteiger partial charge in [-0.2, -0.15) is 0 Å². The largest absolute Gasteiger partial charge is 0.113 e. The van der Waals surface area contributed by atoms with E-state index in [2.05, 4.69) is 6.07 Å². The van der Waals surface area contributed by atoms with Crippen LogP contribution in [-0.4, -0.2) is 0 Å². The van der Waals surface area contributed by atoms with Crippen LogP contribution >= 0.6 is 11.6 Å². The Hall–Kier alpha value is -1.27. The van der Waals surface area contributed by atoms with E-state index in [0.29, 0.717) is 0 Å². The molecule has 14 heavy (non-hydrogen) atoms. The first kappa shape index (κ1) is 9.29. The average molecular weight is 202 g/mol. The fourth-order valence-corrected chi connectivity index (χ4v) is 1.65. The van der Waals surface area contributed by atoms with Gasteiger partial charge in [0.05, 0.1) is 5.38 Å². The first-order valence-electron chi connectivity index (χ1n) is 4.53. The molecule has 0 bridgehead atoms. The second-order valence-electron chi connectivity index (χ2n) is 3.09. The molecule has 0 aromatic heterocycles. The molecule has 0 aliphatic rings. The lowest BCUT2D eigenvalue weighted by molar-refractivity contribution is 1.14. The van der Waals surface area contributed by atoms with Crippen molar-refractivity contribution in [2.45, 2.75) is 5.38 Å². The maximum absolute atomic E-state index is 6.30. The summed E-state index contributed by atoms with van der Waals surface area (Å²) in [4.78, 5) is 0. The van der Waals surface area contributed by atoms with Gasteiger partial charge in [0.15, 0.2) is 0 Å². The number of hydrogen-bond donors (Lipinski definition) is 0. The lowest BCUT2D eigenvalue weighted by Crippen LogP contribution is -1.91. The van der Waals surface area contributed by atoms with Gasteiger partial charge in [0.25, 0.3) is 0 Å². The molecule has 0 aliphatic heterocycles. The van der Waals surface area contributed by atoms with E-state index in [-0.39, 0.29) is 5.38 Å². The molecule has 1 heteroatoms. The third-order valence-corrected chi connectivity index (χ3v) is 2.59. The SMILES string of the molecule is ClC(c1[c]cccc1)c1ccccc1. The zero-order valence-corrected chi connectivity index (χ0v) is 8.41.